The van der Waals surface area contributed by atoms with Crippen molar-refractivity contribution in [3.63, 3.8) is 0 Å². The Morgan fingerprint density at radius 2 is 1.67 bits per heavy atom. The third-order valence-corrected chi connectivity index (χ3v) is 2.35. The quantitative estimate of drug-likeness (QED) is 0.332. The number of ether oxygens (including phenoxy) is 1. The summed E-state index contributed by atoms with van der Waals surface area (Å²) in [6.45, 7) is 1.07. The van der Waals surface area contributed by atoms with Crippen molar-refractivity contribution in [2.45, 2.75) is 43.7 Å². The molecule has 0 aliphatic carbocycles. The van der Waals surface area contributed by atoms with Crippen molar-refractivity contribution in [1.29, 1.82) is 0 Å². The van der Waals surface area contributed by atoms with Gasteiger partial charge in [0.05, 0.1) is 0 Å². The van der Waals surface area contributed by atoms with E-state index in [9.17, 15) is 20.1 Å². The van der Waals surface area contributed by atoms with Crippen LogP contribution in [-0.2, 0) is 9.53 Å². The maximum absolute atomic E-state index is 10.8. The molecule has 0 amide bonds. The first-order chi connectivity index (χ1) is 6.86. The van der Waals surface area contributed by atoms with Crippen LogP contribution in [0.2, 0.25) is 0 Å². The van der Waals surface area contributed by atoms with Crippen molar-refractivity contribution in [2.75, 3.05) is 0 Å². The fraction of sp³-hybridized carbons (Fsp3) is 0.875. The van der Waals surface area contributed by atoms with Crippen LogP contribution in [0.3, 0.4) is 0 Å². The molecular weight excluding hydrogens is 208 g/mol. The third kappa shape index (κ3) is 2.33. The molecule has 0 aromatic heterocycles. The number of aliphatic hydroxyl groups is 5. The van der Waals surface area contributed by atoms with Crippen LogP contribution in [-0.4, -0.2) is 68.1 Å². The number of ketones is 1. The van der Waals surface area contributed by atoms with Gasteiger partial charge in [0, 0.05) is 0 Å². The van der Waals surface area contributed by atoms with Crippen molar-refractivity contribution >= 4 is 5.78 Å². The Morgan fingerprint density at radius 1 is 1.13 bits per heavy atom. The Bertz CT molecular complexity index is 243. The van der Waals surface area contributed by atoms with Crippen molar-refractivity contribution in [3.05, 3.63) is 0 Å². The molecule has 7 heteroatoms. The van der Waals surface area contributed by atoms with Crippen LogP contribution < -0.4 is 0 Å². The number of carbonyl (C=O) groups excluding carboxylic acids is 1. The summed E-state index contributed by atoms with van der Waals surface area (Å²) in [6.07, 6.45) is -9.83. The van der Waals surface area contributed by atoms with Gasteiger partial charge < -0.3 is 30.3 Å². The van der Waals surface area contributed by atoms with Gasteiger partial charge in [-0.25, -0.2) is 0 Å². The van der Waals surface area contributed by atoms with Gasteiger partial charge in [-0.3, -0.25) is 4.79 Å². The molecule has 0 spiro atoms. The minimum Gasteiger partial charge on any atom is -0.387 e. The van der Waals surface area contributed by atoms with Crippen LogP contribution in [0.25, 0.3) is 0 Å². The Labute approximate surface area is 85.5 Å². The SMILES string of the molecule is CC(=O)C(O)[C@H]1OC(O)[C@@H](O)[C@@H](O)[C@@H]1O. The zero-order valence-electron chi connectivity index (χ0n) is 8.02. The summed E-state index contributed by atoms with van der Waals surface area (Å²) in [7, 11) is 0. The molecular formula is C8H14O7. The van der Waals surface area contributed by atoms with E-state index in [1.807, 2.05) is 0 Å². The molecule has 2 unspecified atom stereocenters. The maximum atomic E-state index is 10.8. The predicted molar refractivity (Wildman–Crippen MR) is 45.6 cm³/mol. The van der Waals surface area contributed by atoms with E-state index in [1.165, 1.54) is 0 Å². The molecule has 6 atom stereocenters. The molecule has 1 heterocycles. The molecule has 1 aliphatic rings. The summed E-state index contributed by atoms with van der Waals surface area (Å²) >= 11 is 0. The van der Waals surface area contributed by atoms with Gasteiger partial charge in [-0.05, 0) is 6.92 Å². The fourth-order valence-corrected chi connectivity index (χ4v) is 1.38. The second kappa shape index (κ2) is 4.52. The van der Waals surface area contributed by atoms with Crippen LogP contribution >= 0.6 is 0 Å². The van der Waals surface area contributed by atoms with E-state index >= 15 is 0 Å². The minimum atomic E-state index is -1.75. The Morgan fingerprint density at radius 3 is 2.13 bits per heavy atom. The largest absolute Gasteiger partial charge is 0.387 e. The molecule has 0 aromatic rings. The van der Waals surface area contributed by atoms with Gasteiger partial charge in [0.2, 0.25) is 0 Å². The Kier molecular flexibility index (Phi) is 3.77. The van der Waals surface area contributed by atoms with E-state index in [0.717, 1.165) is 6.92 Å². The monoisotopic (exact) mass is 222 g/mol. The van der Waals surface area contributed by atoms with Gasteiger partial charge >= 0.3 is 0 Å². The number of hydrogen-bond acceptors (Lipinski definition) is 7. The van der Waals surface area contributed by atoms with E-state index in [4.69, 9.17) is 10.2 Å². The van der Waals surface area contributed by atoms with Crippen molar-refractivity contribution in [3.8, 4) is 0 Å². The van der Waals surface area contributed by atoms with Crippen molar-refractivity contribution < 1.29 is 35.1 Å². The molecule has 15 heavy (non-hydrogen) atoms. The molecule has 0 aromatic carbocycles. The Hall–Kier alpha value is -0.570. The van der Waals surface area contributed by atoms with Crippen LogP contribution in [0.4, 0.5) is 0 Å². The molecule has 1 saturated heterocycles. The lowest BCUT2D eigenvalue weighted by molar-refractivity contribution is -0.293. The van der Waals surface area contributed by atoms with Crippen LogP contribution in [0, 0.1) is 0 Å². The summed E-state index contributed by atoms with van der Waals surface area (Å²) in [4.78, 5) is 10.8. The molecule has 0 bridgehead atoms. The van der Waals surface area contributed by atoms with E-state index in [0.29, 0.717) is 0 Å². The standard InChI is InChI=1S/C8H14O7/c1-2(9)3(10)7-5(12)4(11)6(13)8(14)15-7/h3-8,10-14H,1H3/t3?,4-,5-,6-,7+,8?/m0/s1. The van der Waals surface area contributed by atoms with Gasteiger partial charge in [0.15, 0.2) is 12.1 Å². The first-order valence-electron chi connectivity index (χ1n) is 4.42. The van der Waals surface area contributed by atoms with Crippen LogP contribution in [0.15, 0.2) is 0 Å². The average Bonchev–Trinajstić information content (AvgIpc) is 2.19. The van der Waals surface area contributed by atoms with Crippen molar-refractivity contribution in [1.82, 2.24) is 0 Å². The summed E-state index contributed by atoms with van der Waals surface area (Å²) < 4.78 is 4.63. The predicted octanol–water partition coefficient (Wildman–Crippen LogP) is -3.26. The molecule has 0 saturated carbocycles. The lowest BCUT2D eigenvalue weighted by atomic mass is 9.94. The van der Waals surface area contributed by atoms with Crippen LogP contribution in [0.5, 0.6) is 0 Å². The lowest BCUT2D eigenvalue weighted by Gasteiger charge is -2.39. The third-order valence-electron chi connectivity index (χ3n) is 2.35. The number of aliphatic hydroxyl groups excluding tert-OH is 5. The van der Waals surface area contributed by atoms with Gasteiger partial charge in [-0.1, -0.05) is 0 Å². The van der Waals surface area contributed by atoms with E-state index < -0.39 is 42.6 Å². The van der Waals surface area contributed by atoms with E-state index in [1.54, 1.807) is 0 Å². The van der Waals surface area contributed by atoms with Crippen LogP contribution in [0.1, 0.15) is 6.92 Å². The zero-order chi connectivity index (χ0) is 11.7. The highest BCUT2D eigenvalue weighted by atomic mass is 16.6. The van der Waals surface area contributed by atoms with E-state index in [2.05, 4.69) is 4.74 Å². The highest BCUT2D eigenvalue weighted by molar-refractivity contribution is 5.80. The second-order valence-corrected chi connectivity index (χ2v) is 3.52. The smallest absolute Gasteiger partial charge is 0.184 e. The summed E-state index contributed by atoms with van der Waals surface area (Å²) in [5.41, 5.74) is 0. The van der Waals surface area contributed by atoms with Gasteiger partial charge in [0.1, 0.15) is 30.5 Å². The highest BCUT2D eigenvalue weighted by Crippen LogP contribution is 2.22. The van der Waals surface area contributed by atoms with Gasteiger partial charge in [-0.2, -0.15) is 0 Å². The first kappa shape index (κ1) is 12.5. The Balaban J connectivity index is 2.78. The van der Waals surface area contributed by atoms with Crippen molar-refractivity contribution in [2.24, 2.45) is 0 Å². The van der Waals surface area contributed by atoms with Gasteiger partial charge in [-0.15, -0.1) is 0 Å². The summed E-state index contributed by atoms with van der Waals surface area (Å²) in [6, 6.07) is 0. The number of rotatable bonds is 2. The summed E-state index contributed by atoms with van der Waals surface area (Å²) in [5, 5.41) is 46.2. The second-order valence-electron chi connectivity index (χ2n) is 3.52. The molecule has 88 valence electrons. The van der Waals surface area contributed by atoms with E-state index in [-0.39, 0.29) is 0 Å². The molecule has 5 N–H and O–H groups in total. The topological polar surface area (TPSA) is 127 Å². The zero-order valence-corrected chi connectivity index (χ0v) is 8.02. The highest BCUT2D eigenvalue weighted by Gasteiger charge is 2.46. The molecule has 0 radical (unpaired) electrons. The first-order valence-corrected chi connectivity index (χ1v) is 4.42. The minimum absolute atomic E-state index is 0.671. The number of hydrogen-bond donors (Lipinski definition) is 5. The number of Topliss-reactive ketones (excluding diaryl/α,β-unsaturated/α-hetero) is 1. The molecule has 7 nitrogen and oxygen atoms in total. The molecule has 1 fully saturated rings. The summed E-state index contributed by atoms with van der Waals surface area (Å²) in [5.74, 6) is -0.671. The maximum Gasteiger partial charge on any atom is 0.184 e. The molecule has 1 aliphatic heterocycles. The number of carbonyl (C=O) groups is 1. The molecule has 1 rings (SSSR count). The fourth-order valence-electron chi connectivity index (χ4n) is 1.38. The average molecular weight is 222 g/mol. The lowest BCUT2D eigenvalue weighted by Crippen LogP contribution is -2.61. The normalized spacial score (nSPS) is 43.7. The van der Waals surface area contributed by atoms with Gasteiger partial charge in [0.25, 0.3) is 0 Å².